The molecule has 0 saturated carbocycles. The predicted molar refractivity (Wildman–Crippen MR) is 125 cm³/mol. The molecule has 0 atom stereocenters. The highest BCUT2D eigenvalue weighted by Gasteiger charge is 2.26. The Morgan fingerprint density at radius 1 is 0.800 bits per heavy atom. The fourth-order valence-electron chi connectivity index (χ4n) is 4.11. The van der Waals surface area contributed by atoms with E-state index in [1.807, 2.05) is 41.5 Å². The number of carbonyl (C=O) groups excluding carboxylic acids is 2. The zero-order valence-corrected chi connectivity index (χ0v) is 20.8. The Labute approximate surface area is 185 Å². The summed E-state index contributed by atoms with van der Waals surface area (Å²) in [6.45, 7) is 16.7. The molecule has 2 aliphatic rings. The summed E-state index contributed by atoms with van der Waals surface area (Å²) in [6, 6.07) is 0. The Kier molecular flexibility index (Phi) is 12.8. The molecule has 5 heteroatoms. The minimum atomic E-state index is 0.129. The van der Waals surface area contributed by atoms with Crippen LogP contribution < -0.4 is 0 Å². The zero-order chi connectivity index (χ0) is 22.7. The topological polar surface area (TPSA) is 49.9 Å². The first kappa shape index (κ1) is 27.1. The SMILES string of the molecule is CC(C)C(=O)CN1CCC(CCC2CCN(C(=O)C(C)C)CC2)CC1.COC(C)C. The molecule has 2 fully saturated rings. The van der Waals surface area contributed by atoms with Crippen molar-refractivity contribution in [3.63, 3.8) is 0 Å². The molecule has 0 aromatic heterocycles. The lowest BCUT2D eigenvalue weighted by Gasteiger charge is -2.35. The van der Waals surface area contributed by atoms with Gasteiger partial charge in [-0.15, -0.1) is 0 Å². The maximum atomic E-state index is 12.1. The van der Waals surface area contributed by atoms with Crippen molar-refractivity contribution < 1.29 is 14.3 Å². The van der Waals surface area contributed by atoms with Gasteiger partial charge in [0.05, 0.1) is 12.6 Å². The molecule has 0 radical (unpaired) electrons. The van der Waals surface area contributed by atoms with Crippen molar-refractivity contribution in [2.45, 2.75) is 86.2 Å². The maximum absolute atomic E-state index is 12.1. The molecule has 0 aromatic rings. The molecule has 0 unspecified atom stereocenters. The molecule has 1 amide bonds. The van der Waals surface area contributed by atoms with E-state index in [4.69, 9.17) is 4.74 Å². The number of likely N-dealkylation sites (tertiary alicyclic amines) is 2. The van der Waals surface area contributed by atoms with Gasteiger partial charge in [-0.2, -0.15) is 0 Å². The number of methoxy groups -OCH3 is 1. The molecule has 2 saturated heterocycles. The van der Waals surface area contributed by atoms with Gasteiger partial charge in [0.2, 0.25) is 5.91 Å². The van der Waals surface area contributed by atoms with Crippen LogP contribution in [0.15, 0.2) is 0 Å². The number of carbonyl (C=O) groups is 2. The molecule has 176 valence electrons. The van der Waals surface area contributed by atoms with Crippen LogP contribution in [0.25, 0.3) is 0 Å². The Balaban J connectivity index is 0.000000804. The normalized spacial score (nSPS) is 19.3. The number of ether oxygens (including phenoxy) is 1. The van der Waals surface area contributed by atoms with E-state index in [1.165, 1.54) is 38.5 Å². The molecule has 5 nitrogen and oxygen atoms in total. The molecular formula is C25H48N2O3. The highest BCUT2D eigenvalue weighted by Crippen LogP contribution is 2.28. The van der Waals surface area contributed by atoms with Crippen molar-refractivity contribution >= 4 is 11.7 Å². The van der Waals surface area contributed by atoms with E-state index in [0.717, 1.165) is 38.0 Å². The summed E-state index contributed by atoms with van der Waals surface area (Å²) in [5.41, 5.74) is 0. The molecule has 30 heavy (non-hydrogen) atoms. The largest absolute Gasteiger partial charge is 0.382 e. The lowest BCUT2D eigenvalue weighted by Crippen LogP contribution is -2.41. The van der Waals surface area contributed by atoms with Gasteiger partial charge < -0.3 is 9.64 Å². The van der Waals surface area contributed by atoms with Gasteiger partial charge in [-0.3, -0.25) is 14.5 Å². The van der Waals surface area contributed by atoms with Gasteiger partial charge in [0.1, 0.15) is 5.78 Å². The van der Waals surface area contributed by atoms with Gasteiger partial charge in [0.25, 0.3) is 0 Å². The number of hydrogen-bond donors (Lipinski definition) is 0. The highest BCUT2D eigenvalue weighted by molar-refractivity contribution is 5.82. The number of hydrogen-bond acceptors (Lipinski definition) is 4. The molecular weight excluding hydrogens is 376 g/mol. The van der Waals surface area contributed by atoms with Gasteiger partial charge in [-0.05, 0) is 64.5 Å². The lowest BCUT2D eigenvalue weighted by atomic mass is 9.85. The van der Waals surface area contributed by atoms with Crippen LogP contribution in [0.2, 0.25) is 0 Å². The third-order valence-electron chi connectivity index (χ3n) is 6.61. The average Bonchev–Trinajstić information content (AvgIpc) is 2.73. The Bertz CT molecular complexity index is 489. The summed E-state index contributed by atoms with van der Waals surface area (Å²) < 4.78 is 4.75. The van der Waals surface area contributed by atoms with Crippen LogP contribution in [0, 0.1) is 23.7 Å². The number of piperidine rings is 2. The Morgan fingerprint density at radius 2 is 1.23 bits per heavy atom. The summed E-state index contributed by atoms with van der Waals surface area (Å²) >= 11 is 0. The quantitative estimate of drug-likeness (QED) is 0.569. The summed E-state index contributed by atoms with van der Waals surface area (Å²) in [4.78, 5) is 28.3. The molecule has 0 aliphatic carbocycles. The van der Waals surface area contributed by atoms with Crippen molar-refractivity contribution in [2.24, 2.45) is 23.7 Å². The first-order valence-corrected chi connectivity index (χ1v) is 12.2. The van der Waals surface area contributed by atoms with E-state index in [9.17, 15) is 9.59 Å². The minimum absolute atomic E-state index is 0.129. The second-order valence-electron chi connectivity index (χ2n) is 10.1. The smallest absolute Gasteiger partial charge is 0.225 e. The van der Waals surface area contributed by atoms with Crippen molar-refractivity contribution in [1.82, 2.24) is 9.80 Å². The second-order valence-corrected chi connectivity index (χ2v) is 10.1. The van der Waals surface area contributed by atoms with Crippen LogP contribution in [0.3, 0.4) is 0 Å². The van der Waals surface area contributed by atoms with Crippen molar-refractivity contribution in [2.75, 3.05) is 39.8 Å². The monoisotopic (exact) mass is 424 g/mol. The summed E-state index contributed by atoms with van der Waals surface area (Å²) in [5, 5.41) is 0. The number of amides is 1. The van der Waals surface area contributed by atoms with Gasteiger partial charge in [-0.1, -0.05) is 40.5 Å². The second kappa shape index (κ2) is 14.2. The number of rotatable bonds is 8. The van der Waals surface area contributed by atoms with Gasteiger partial charge >= 0.3 is 0 Å². The van der Waals surface area contributed by atoms with Crippen LogP contribution >= 0.6 is 0 Å². The van der Waals surface area contributed by atoms with Crippen molar-refractivity contribution in [3.8, 4) is 0 Å². The van der Waals surface area contributed by atoms with Gasteiger partial charge in [0.15, 0.2) is 0 Å². The van der Waals surface area contributed by atoms with E-state index in [-0.39, 0.29) is 11.8 Å². The Hall–Kier alpha value is -0.940. The van der Waals surface area contributed by atoms with Crippen LogP contribution in [0.1, 0.15) is 80.1 Å². The fourth-order valence-corrected chi connectivity index (χ4v) is 4.11. The molecule has 2 rings (SSSR count). The van der Waals surface area contributed by atoms with Gasteiger partial charge in [0, 0.05) is 32.0 Å². The maximum Gasteiger partial charge on any atom is 0.225 e. The van der Waals surface area contributed by atoms with Crippen LogP contribution in [-0.4, -0.2) is 67.4 Å². The Morgan fingerprint density at radius 3 is 1.60 bits per heavy atom. The van der Waals surface area contributed by atoms with E-state index in [1.54, 1.807) is 7.11 Å². The summed E-state index contributed by atoms with van der Waals surface area (Å²) in [7, 11) is 1.70. The number of Topliss-reactive ketones (excluding diaryl/α,β-unsaturated/α-hetero) is 1. The zero-order valence-electron chi connectivity index (χ0n) is 20.8. The van der Waals surface area contributed by atoms with E-state index < -0.39 is 0 Å². The number of nitrogens with zero attached hydrogens (tertiary/aromatic N) is 2. The molecule has 2 heterocycles. The standard InChI is InChI=1S/C21H38N2O2.C4H10O/c1-16(2)20(24)15-22-11-7-18(8-12-22)5-6-19-9-13-23(14-10-19)21(25)17(3)4;1-4(2)5-3/h16-19H,5-15H2,1-4H3;4H,1-3H3. The van der Waals surface area contributed by atoms with Crippen LogP contribution in [0.5, 0.6) is 0 Å². The summed E-state index contributed by atoms with van der Waals surface area (Å²) in [6.07, 6.45) is 7.88. The molecule has 2 aliphatic heterocycles. The molecule has 0 N–H and O–H groups in total. The average molecular weight is 425 g/mol. The molecule has 0 bridgehead atoms. The van der Waals surface area contributed by atoms with E-state index in [0.29, 0.717) is 24.3 Å². The predicted octanol–water partition coefficient (Wildman–Crippen LogP) is 4.64. The van der Waals surface area contributed by atoms with Crippen LogP contribution in [-0.2, 0) is 14.3 Å². The summed E-state index contributed by atoms with van der Waals surface area (Å²) in [5.74, 6) is 2.62. The highest BCUT2D eigenvalue weighted by atomic mass is 16.5. The van der Waals surface area contributed by atoms with Crippen molar-refractivity contribution in [3.05, 3.63) is 0 Å². The van der Waals surface area contributed by atoms with Crippen LogP contribution in [0.4, 0.5) is 0 Å². The fraction of sp³-hybridized carbons (Fsp3) is 0.920. The first-order valence-electron chi connectivity index (χ1n) is 12.2. The molecule has 0 spiro atoms. The lowest BCUT2D eigenvalue weighted by molar-refractivity contribution is -0.135. The van der Waals surface area contributed by atoms with Crippen molar-refractivity contribution in [1.29, 1.82) is 0 Å². The third-order valence-corrected chi connectivity index (χ3v) is 6.61. The molecule has 0 aromatic carbocycles. The van der Waals surface area contributed by atoms with E-state index >= 15 is 0 Å². The first-order chi connectivity index (χ1) is 14.1. The van der Waals surface area contributed by atoms with E-state index in [2.05, 4.69) is 9.80 Å². The third kappa shape index (κ3) is 10.4. The van der Waals surface area contributed by atoms with Gasteiger partial charge in [-0.25, -0.2) is 0 Å². The number of ketones is 1. The minimum Gasteiger partial charge on any atom is -0.382 e.